The summed E-state index contributed by atoms with van der Waals surface area (Å²) in [5.41, 5.74) is 1.24. The Morgan fingerprint density at radius 2 is 1.87 bits per heavy atom. The zero-order valence-corrected chi connectivity index (χ0v) is 14.1. The topological polar surface area (TPSA) is 58.2 Å². The van der Waals surface area contributed by atoms with E-state index in [4.69, 9.17) is 0 Å². The van der Waals surface area contributed by atoms with E-state index < -0.39 is 0 Å². The molecule has 0 radical (unpaired) electrons. The minimum atomic E-state index is -0.122. The van der Waals surface area contributed by atoms with Gasteiger partial charge in [-0.1, -0.05) is 43.3 Å². The third kappa shape index (κ3) is 5.53. The molecule has 2 N–H and O–H groups in total. The van der Waals surface area contributed by atoms with Gasteiger partial charge in [0.1, 0.15) is 0 Å². The molecule has 0 fully saturated rings. The van der Waals surface area contributed by atoms with E-state index in [1.54, 1.807) is 6.07 Å². The number of hydrogen-bond acceptors (Lipinski definition) is 3. The molecule has 2 aromatic rings. The molecule has 0 spiro atoms. The molecule has 1 heterocycles. The van der Waals surface area contributed by atoms with Gasteiger partial charge in [-0.05, 0) is 23.4 Å². The molecule has 0 saturated heterocycles. The Hall–Kier alpha value is -2.14. The van der Waals surface area contributed by atoms with Crippen molar-refractivity contribution in [3.05, 3.63) is 58.3 Å². The SMILES string of the molecule is CC[C@H](CNC(=O)CCNC(=O)c1cccs1)c1ccccc1. The largest absolute Gasteiger partial charge is 0.355 e. The van der Waals surface area contributed by atoms with E-state index in [2.05, 4.69) is 29.7 Å². The van der Waals surface area contributed by atoms with Gasteiger partial charge < -0.3 is 10.6 Å². The molecular formula is C18H22N2O2S. The van der Waals surface area contributed by atoms with E-state index in [0.29, 0.717) is 30.3 Å². The molecule has 5 heteroatoms. The highest BCUT2D eigenvalue weighted by atomic mass is 32.1. The van der Waals surface area contributed by atoms with E-state index in [1.807, 2.05) is 29.6 Å². The molecule has 0 bridgehead atoms. The summed E-state index contributed by atoms with van der Waals surface area (Å²) in [6, 6.07) is 13.8. The van der Waals surface area contributed by atoms with E-state index >= 15 is 0 Å². The van der Waals surface area contributed by atoms with Crippen LogP contribution in [0.1, 0.15) is 40.9 Å². The van der Waals surface area contributed by atoms with Gasteiger partial charge in [-0.25, -0.2) is 0 Å². The lowest BCUT2D eigenvalue weighted by Gasteiger charge is -2.16. The summed E-state index contributed by atoms with van der Waals surface area (Å²) in [5, 5.41) is 7.57. The van der Waals surface area contributed by atoms with Crippen molar-refractivity contribution in [3.8, 4) is 0 Å². The first-order valence-electron chi connectivity index (χ1n) is 7.84. The second-order valence-corrected chi connectivity index (χ2v) is 6.25. The second-order valence-electron chi connectivity index (χ2n) is 5.30. The lowest BCUT2D eigenvalue weighted by Crippen LogP contribution is -2.32. The molecule has 0 unspecified atom stereocenters. The molecule has 2 amide bonds. The van der Waals surface area contributed by atoms with E-state index in [9.17, 15) is 9.59 Å². The van der Waals surface area contributed by atoms with E-state index in [0.717, 1.165) is 6.42 Å². The lowest BCUT2D eigenvalue weighted by molar-refractivity contribution is -0.121. The van der Waals surface area contributed by atoms with E-state index in [1.165, 1.54) is 16.9 Å². The maximum Gasteiger partial charge on any atom is 0.261 e. The zero-order chi connectivity index (χ0) is 16.5. The summed E-state index contributed by atoms with van der Waals surface area (Å²) in [4.78, 5) is 24.3. The minimum Gasteiger partial charge on any atom is -0.355 e. The average molecular weight is 330 g/mol. The predicted octanol–water partition coefficient (Wildman–Crippen LogP) is 3.18. The molecule has 1 aromatic carbocycles. The van der Waals surface area contributed by atoms with Crippen LogP contribution in [0.5, 0.6) is 0 Å². The molecule has 0 aliphatic heterocycles. The van der Waals surface area contributed by atoms with Crippen LogP contribution in [0.2, 0.25) is 0 Å². The van der Waals surface area contributed by atoms with Gasteiger partial charge in [-0.3, -0.25) is 9.59 Å². The zero-order valence-electron chi connectivity index (χ0n) is 13.2. The monoisotopic (exact) mass is 330 g/mol. The Kier molecular flexibility index (Phi) is 6.81. The number of amides is 2. The van der Waals surface area contributed by atoms with Gasteiger partial charge in [0.2, 0.25) is 5.91 Å². The Morgan fingerprint density at radius 1 is 1.09 bits per heavy atom. The van der Waals surface area contributed by atoms with Crippen molar-refractivity contribution in [1.82, 2.24) is 10.6 Å². The molecule has 4 nitrogen and oxygen atoms in total. The molecule has 122 valence electrons. The molecule has 0 saturated carbocycles. The van der Waals surface area contributed by atoms with Crippen molar-refractivity contribution in [2.75, 3.05) is 13.1 Å². The number of rotatable bonds is 8. The Labute approximate surface area is 140 Å². The third-order valence-electron chi connectivity index (χ3n) is 3.69. The maximum absolute atomic E-state index is 11.9. The molecule has 1 atom stereocenters. The normalized spacial score (nSPS) is 11.7. The first kappa shape index (κ1) is 17.2. The second kappa shape index (κ2) is 9.10. The van der Waals surface area contributed by atoms with Crippen molar-refractivity contribution >= 4 is 23.2 Å². The Bertz CT molecular complexity index is 611. The highest BCUT2D eigenvalue weighted by molar-refractivity contribution is 7.12. The minimum absolute atomic E-state index is 0.0362. The summed E-state index contributed by atoms with van der Waals surface area (Å²) >= 11 is 1.39. The van der Waals surface area contributed by atoms with Gasteiger partial charge >= 0.3 is 0 Å². The van der Waals surface area contributed by atoms with Crippen LogP contribution in [-0.2, 0) is 4.79 Å². The van der Waals surface area contributed by atoms with Crippen molar-refractivity contribution in [1.29, 1.82) is 0 Å². The van der Waals surface area contributed by atoms with Gasteiger partial charge in [-0.2, -0.15) is 0 Å². The molecule has 1 aromatic heterocycles. The van der Waals surface area contributed by atoms with Crippen molar-refractivity contribution < 1.29 is 9.59 Å². The third-order valence-corrected chi connectivity index (χ3v) is 4.56. The van der Waals surface area contributed by atoms with Crippen LogP contribution >= 0.6 is 11.3 Å². The fourth-order valence-corrected chi connectivity index (χ4v) is 2.97. The van der Waals surface area contributed by atoms with Crippen LogP contribution < -0.4 is 10.6 Å². The number of nitrogens with one attached hydrogen (secondary N) is 2. The summed E-state index contributed by atoms with van der Waals surface area (Å²) in [6.07, 6.45) is 1.27. The van der Waals surface area contributed by atoms with Gasteiger partial charge in [0.05, 0.1) is 4.88 Å². The molecule has 0 aliphatic carbocycles. The first-order valence-corrected chi connectivity index (χ1v) is 8.72. The maximum atomic E-state index is 11.9. The van der Waals surface area contributed by atoms with Crippen LogP contribution in [0.4, 0.5) is 0 Å². The molecule has 2 rings (SSSR count). The number of benzene rings is 1. The summed E-state index contributed by atoms with van der Waals surface area (Å²) in [7, 11) is 0. The summed E-state index contributed by atoms with van der Waals surface area (Å²) < 4.78 is 0. The summed E-state index contributed by atoms with van der Waals surface area (Å²) in [5.74, 6) is 0.162. The van der Waals surface area contributed by atoms with Gasteiger partial charge in [-0.15, -0.1) is 11.3 Å². The smallest absolute Gasteiger partial charge is 0.261 e. The number of carbonyl (C=O) groups is 2. The molecule has 0 aliphatic rings. The molecular weight excluding hydrogens is 308 g/mol. The van der Waals surface area contributed by atoms with Crippen LogP contribution in [0.3, 0.4) is 0 Å². The Morgan fingerprint density at radius 3 is 2.52 bits per heavy atom. The van der Waals surface area contributed by atoms with E-state index in [-0.39, 0.29) is 11.8 Å². The standard InChI is InChI=1S/C18H22N2O2S/c1-2-14(15-7-4-3-5-8-15)13-20-17(21)10-11-19-18(22)16-9-6-12-23-16/h3-9,12,14H,2,10-11,13H2,1H3,(H,19,22)(H,20,21)/t14-/m1/s1. The van der Waals surface area contributed by atoms with Crippen LogP contribution in [0, 0.1) is 0 Å². The van der Waals surface area contributed by atoms with Crippen LogP contribution in [0.15, 0.2) is 47.8 Å². The average Bonchev–Trinajstić information content (AvgIpc) is 3.11. The van der Waals surface area contributed by atoms with Gasteiger partial charge in [0.25, 0.3) is 5.91 Å². The van der Waals surface area contributed by atoms with Gasteiger partial charge in [0.15, 0.2) is 0 Å². The summed E-state index contributed by atoms with van der Waals surface area (Å²) in [6.45, 7) is 3.09. The fourth-order valence-electron chi connectivity index (χ4n) is 2.33. The quantitative estimate of drug-likeness (QED) is 0.781. The number of carbonyl (C=O) groups excluding carboxylic acids is 2. The molecule has 23 heavy (non-hydrogen) atoms. The Balaban J connectivity index is 1.69. The highest BCUT2D eigenvalue weighted by Gasteiger charge is 2.11. The van der Waals surface area contributed by atoms with Crippen LogP contribution in [-0.4, -0.2) is 24.9 Å². The number of thiophene rings is 1. The van der Waals surface area contributed by atoms with Crippen molar-refractivity contribution in [3.63, 3.8) is 0 Å². The highest BCUT2D eigenvalue weighted by Crippen LogP contribution is 2.17. The van der Waals surface area contributed by atoms with Crippen LogP contribution in [0.25, 0.3) is 0 Å². The lowest BCUT2D eigenvalue weighted by atomic mass is 9.96. The predicted molar refractivity (Wildman–Crippen MR) is 93.8 cm³/mol. The number of hydrogen-bond donors (Lipinski definition) is 2. The van der Waals surface area contributed by atoms with Crippen molar-refractivity contribution in [2.24, 2.45) is 0 Å². The fraction of sp³-hybridized carbons (Fsp3) is 0.333. The van der Waals surface area contributed by atoms with Gasteiger partial charge in [0, 0.05) is 25.4 Å². The first-order chi connectivity index (χ1) is 11.2. The van der Waals surface area contributed by atoms with Crippen molar-refractivity contribution in [2.45, 2.75) is 25.7 Å².